The molecule has 2 unspecified atom stereocenters. The number of nitrogens with zero attached hydrogens (tertiary/aromatic N) is 4. The van der Waals surface area contributed by atoms with Crippen LogP contribution in [0.25, 0.3) is 72.5 Å². The first kappa shape index (κ1) is 31.8. The normalized spacial score (nSPS) is 16.5. The SMILES string of the molecule is Cc1cccc2c3cccc(C)c3n(-c3ccc(C4=NC5=Cc6nc(-c7ccc(-n8c9c(C)cccc9c9cccc(C)c98)cc7)oc6C(C)C5O4)cc3)c12. The van der Waals surface area contributed by atoms with Crippen LogP contribution in [-0.2, 0) is 4.74 Å². The summed E-state index contributed by atoms with van der Waals surface area (Å²) < 4.78 is 17.9. The lowest BCUT2D eigenvalue weighted by molar-refractivity contribution is 0.204. The molecule has 0 N–H and O–H groups in total. The van der Waals surface area contributed by atoms with E-state index in [2.05, 4.69) is 165 Å². The molecular weight excluding hydrogens is 677 g/mol. The number of aliphatic imine (C=N–C) groups is 1. The van der Waals surface area contributed by atoms with Crippen molar-refractivity contribution in [1.29, 1.82) is 0 Å². The Labute approximate surface area is 318 Å². The van der Waals surface area contributed by atoms with Crippen LogP contribution in [0.4, 0.5) is 0 Å². The van der Waals surface area contributed by atoms with Gasteiger partial charge in [-0.3, -0.25) is 0 Å². The summed E-state index contributed by atoms with van der Waals surface area (Å²) >= 11 is 0. The third kappa shape index (κ3) is 4.61. The number of rotatable bonds is 4. The van der Waals surface area contributed by atoms with Crippen LogP contribution in [0.15, 0.2) is 136 Å². The number of aromatic nitrogens is 3. The summed E-state index contributed by atoms with van der Waals surface area (Å²) in [6, 6.07) is 43.3. The zero-order chi connectivity index (χ0) is 37.1. The van der Waals surface area contributed by atoms with Gasteiger partial charge in [-0.05, 0) is 105 Å². The molecule has 266 valence electrons. The molecule has 4 heterocycles. The molecule has 9 aromatic rings. The van der Waals surface area contributed by atoms with Gasteiger partial charge in [0.05, 0.1) is 33.7 Å². The van der Waals surface area contributed by atoms with Crippen molar-refractivity contribution < 1.29 is 9.15 Å². The van der Waals surface area contributed by atoms with E-state index >= 15 is 0 Å². The Hall–Kier alpha value is -6.66. The molecule has 0 fully saturated rings. The average molecular weight is 715 g/mol. The molecule has 55 heavy (non-hydrogen) atoms. The van der Waals surface area contributed by atoms with Crippen molar-refractivity contribution in [3.63, 3.8) is 0 Å². The van der Waals surface area contributed by atoms with Gasteiger partial charge in [-0.2, -0.15) is 0 Å². The minimum Gasteiger partial charge on any atom is -0.467 e. The molecule has 0 bridgehead atoms. The number of aryl methyl sites for hydroxylation is 4. The highest BCUT2D eigenvalue weighted by molar-refractivity contribution is 6.12. The largest absolute Gasteiger partial charge is 0.467 e. The van der Waals surface area contributed by atoms with Crippen molar-refractivity contribution in [3.05, 3.63) is 166 Å². The van der Waals surface area contributed by atoms with Gasteiger partial charge in [0.2, 0.25) is 11.8 Å². The smallest absolute Gasteiger partial charge is 0.226 e. The van der Waals surface area contributed by atoms with Gasteiger partial charge in [0.15, 0.2) is 6.10 Å². The molecule has 0 saturated heterocycles. The molecule has 0 saturated carbocycles. The first-order valence-corrected chi connectivity index (χ1v) is 19.0. The van der Waals surface area contributed by atoms with E-state index in [-0.39, 0.29) is 12.0 Å². The molecule has 6 heteroatoms. The van der Waals surface area contributed by atoms with E-state index in [0.29, 0.717) is 11.8 Å². The Bertz CT molecular complexity index is 3000. The molecule has 11 rings (SSSR count). The highest BCUT2D eigenvalue weighted by Crippen LogP contribution is 2.43. The van der Waals surface area contributed by atoms with Gasteiger partial charge in [-0.15, -0.1) is 0 Å². The Morgan fingerprint density at radius 1 is 0.527 bits per heavy atom. The fraction of sp³-hybridized carbons (Fsp3) is 0.143. The second kappa shape index (κ2) is 11.7. The number of para-hydroxylation sites is 4. The minimum atomic E-state index is -0.241. The second-order valence-corrected chi connectivity index (χ2v) is 15.2. The van der Waals surface area contributed by atoms with Gasteiger partial charge >= 0.3 is 0 Å². The van der Waals surface area contributed by atoms with Crippen LogP contribution in [0.1, 0.15) is 52.1 Å². The first-order chi connectivity index (χ1) is 26.8. The molecule has 6 nitrogen and oxygen atoms in total. The van der Waals surface area contributed by atoms with E-state index in [1.165, 1.54) is 65.9 Å². The molecule has 3 aromatic heterocycles. The maximum absolute atomic E-state index is 6.58. The van der Waals surface area contributed by atoms with Gasteiger partial charge in [-0.25, -0.2) is 9.98 Å². The van der Waals surface area contributed by atoms with Gasteiger partial charge in [-0.1, -0.05) is 79.7 Å². The predicted molar refractivity (Wildman–Crippen MR) is 224 cm³/mol. The molecule has 0 amide bonds. The van der Waals surface area contributed by atoms with Crippen LogP contribution in [0.2, 0.25) is 0 Å². The summed E-state index contributed by atoms with van der Waals surface area (Å²) in [4.78, 5) is 9.98. The quantitative estimate of drug-likeness (QED) is 0.182. The summed E-state index contributed by atoms with van der Waals surface area (Å²) in [7, 11) is 0. The third-order valence-electron chi connectivity index (χ3n) is 11.8. The number of ether oxygens (including phenoxy) is 1. The highest BCUT2D eigenvalue weighted by Gasteiger charge is 2.39. The molecule has 1 aliphatic carbocycles. The molecule has 0 spiro atoms. The van der Waals surface area contributed by atoms with E-state index in [1.807, 2.05) is 6.08 Å². The van der Waals surface area contributed by atoms with Gasteiger partial charge in [0.1, 0.15) is 11.5 Å². The Morgan fingerprint density at radius 2 is 0.964 bits per heavy atom. The summed E-state index contributed by atoms with van der Waals surface area (Å²) in [5, 5.41) is 5.08. The summed E-state index contributed by atoms with van der Waals surface area (Å²) in [5.41, 5.74) is 15.7. The Kier molecular flexibility index (Phi) is 6.75. The standard InChI is InChI=1S/C49H38N4O2/c1-27-10-6-14-36-37-15-7-11-28(2)43(37)52(42(27)36)34-22-18-32(19-23-34)48-50-40-26-41-47(31(5)46(40)54-48)55-49(51-41)33-20-24-35(25-21-33)53-44-29(3)12-8-16-38(44)39-17-9-13-30(4)45(39)53/h6-26,31,46H,1-5H3. The molecule has 6 aromatic carbocycles. The first-order valence-electron chi connectivity index (χ1n) is 19.0. The third-order valence-corrected chi connectivity index (χ3v) is 11.8. The zero-order valence-electron chi connectivity index (χ0n) is 31.4. The Morgan fingerprint density at radius 3 is 1.42 bits per heavy atom. The topological polar surface area (TPSA) is 57.5 Å². The number of fused-ring (bicyclic) bond motifs is 8. The molecule has 0 radical (unpaired) electrons. The fourth-order valence-electron chi connectivity index (χ4n) is 9.11. The lowest BCUT2D eigenvalue weighted by atomic mass is 9.93. The molecule has 2 atom stereocenters. The van der Waals surface area contributed by atoms with E-state index in [1.54, 1.807) is 0 Å². The van der Waals surface area contributed by atoms with Crippen LogP contribution in [0.3, 0.4) is 0 Å². The van der Waals surface area contributed by atoms with Crippen molar-refractivity contribution in [1.82, 2.24) is 14.1 Å². The van der Waals surface area contributed by atoms with E-state index in [0.717, 1.165) is 39.7 Å². The van der Waals surface area contributed by atoms with E-state index in [4.69, 9.17) is 19.1 Å². The Balaban J connectivity index is 0.909. The molecular formula is C49H38N4O2. The molecule has 1 aliphatic heterocycles. The maximum Gasteiger partial charge on any atom is 0.226 e. The van der Waals surface area contributed by atoms with Gasteiger partial charge in [0, 0.05) is 44.0 Å². The maximum atomic E-state index is 6.58. The zero-order valence-corrected chi connectivity index (χ0v) is 31.4. The number of benzene rings is 6. The average Bonchev–Trinajstić information content (AvgIpc) is 3.98. The van der Waals surface area contributed by atoms with Crippen LogP contribution in [0.5, 0.6) is 0 Å². The summed E-state index contributed by atoms with van der Waals surface area (Å²) in [6.45, 7) is 10.9. The van der Waals surface area contributed by atoms with Crippen molar-refractivity contribution in [3.8, 4) is 22.8 Å². The van der Waals surface area contributed by atoms with Gasteiger partial charge in [0.25, 0.3) is 0 Å². The van der Waals surface area contributed by atoms with Crippen LogP contribution >= 0.6 is 0 Å². The van der Waals surface area contributed by atoms with Crippen LogP contribution in [0, 0.1) is 27.7 Å². The fourth-order valence-corrected chi connectivity index (χ4v) is 9.11. The highest BCUT2D eigenvalue weighted by atomic mass is 16.5. The lowest BCUT2D eigenvalue weighted by Gasteiger charge is -2.21. The van der Waals surface area contributed by atoms with Gasteiger partial charge < -0.3 is 18.3 Å². The number of hydrogen-bond acceptors (Lipinski definition) is 4. The van der Waals surface area contributed by atoms with Crippen molar-refractivity contribution in [2.45, 2.75) is 46.6 Å². The molecule has 2 aliphatic rings. The number of oxazole rings is 1. The minimum absolute atomic E-state index is 0.0526. The monoisotopic (exact) mass is 714 g/mol. The van der Waals surface area contributed by atoms with E-state index in [9.17, 15) is 0 Å². The summed E-state index contributed by atoms with van der Waals surface area (Å²) in [6.07, 6.45) is 1.78. The van der Waals surface area contributed by atoms with E-state index < -0.39 is 0 Å². The summed E-state index contributed by atoms with van der Waals surface area (Å²) in [5.74, 6) is 2.00. The number of hydrogen-bond donors (Lipinski definition) is 0. The van der Waals surface area contributed by atoms with Crippen LogP contribution < -0.4 is 0 Å². The van der Waals surface area contributed by atoms with Crippen molar-refractivity contribution in [2.24, 2.45) is 4.99 Å². The lowest BCUT2D eigenvalue weighted by Crippen LogP contribution is -2.22. The van der Waals surface area contributed by atoms with Crippen molar-refractivity contribution >= 4 is 55.6 Å². The predicted octanol–water partition coefficient (Wildman–Crippen LogP) is 12.1. The second-order valence-electron chi connectivity index (χ2n) is 15.2. The van der Waals surface area contributed by atoms with Crippen LogP contribution in [-0.4, -0.2) is 26.1 Å². The van der Waals surface area contributed by atoms with Crippen molar-refractivity contribution in [2.75, 3.05) is 0 Å².